The average molecular weight is 304 g/mol. The smallest absolute Gasteiger partial charge is 0.248 e. The van der Waals surface area contributed by atoms with Crippen LogP contribution in [0, 0.1) is 0 Å². The molecule has 0 aliphatic heterocycles. The Morgan fingerprint density at radius 3 is 2.68 bits per heavy atom. The molecular formula is C12H18ClN3O2S. The molecule has 5 N–H and O–H groups in total. The van der Waals surface area contributed by atoms with Crippen molar-refractivity contribution in [2.75, 3.05) is 17.3 Å². The van der Waals surface area contributed by atoms with Crippen LogP contribution in [0.25, 0.3) is 0 Å². The Labute approximate surface area is 122 Å². The SMILES string of the molecule is CSCC[C@H](N)C(=O)Nc1cccc(C(N)=O)c1.Cl. The van der Waals surface area contributed by atoms with Crippen molar-refractivity contribution >= 4 is 41.7 Å². The average Bonchev–Trinajstić information content (AvgIpc) is 2.36. The molecule has 0 bridgehead atoms. The molecule has 0 aromatic heterocycles. The van der Waals surface area contributed by atoms with Crippen LogP contribution in [0.1, 0.15) is 16.8 Å². The number of carbonyl (C=O) groups excluding carboxylic acids is 2. The van der Waals surface area contributed by atoms with E-state index in [9.17, 15) is 9.59 Å². The van der Waals surface area contributed by atoms with Gasteiger partial charge in [-0.1, -0.05) is 6.07 Å². The lowest BCUT2D eigenvalue weighted by Crippen LogP contribution is -2.36. The number of hydrogen-bond donors (Lipinski definition) is 3. The molecular weight excluding hydrogens is 286 g/mol. The molecule has 1 aromatic carbocycles. The minimum atomic E-state index is -0.547. The zero-order valence-corrected chi connectivity index (χ0v) is 12.2. The van der Waals surface area contributed by atoms with Crippen molar-refractivity contribution in [3.8, 4) is 0 Å². The zero-order chi connectivity index (χ0) is 13.5. The van der Waals surface area contributed by atoms with Crippen molar-refractivity contribution < 1.29 is 9.59 Å². The van der Waals surface area contributed by atoms with Crippen LogP contribution in [0.15, 0.2) is 24.3 Å². The van der Waals surface area contributed by atoms with E-state index in [0.717, 1.165) is 5.75 Å². The summed E-state index contributed by atoms with van der Waals surface area (Å²) in [6.45, 7) is 0. The van der Waals surface area contributed by atoms with Gasteiger partial charge in [0.1, 0.15) is 0 Å². The Balaban J connectivity index is 0.00000324. The Hall–Kier alpha value is -1.24. The van der Waals surface area contributed by atoms with Crippen LogP contribution in [0.5, 0.6) is 0 Å². The minimum absolute atomic E-state index is 0. The first-order valence-electron chi connectivity index (χ1n) is 5.50. The van der Waals surface area contributed by atoms with E-state index in [-0.39, 0.29) is 18.3 Å². The topological polar surface area (TPSA) is 98.2 Å². The summed E-state index contributed by atoms with van der Waals surface area (Å²) >= 11 is 1.64. The van der Waals surface area contributed by atoms with Gasteiger partial charge in [0.15, 0.2) is 0 Å². The van der Waals surface area contributed by atoms with E-state index in [0.29, 0.717) is 17.7 Å². The predicted octanol–water partition coefficient (Wildman–Crippen LogP) is 1.23. The Kier molecular flexibility index (Phi) is 8.22. The van der Waals surface area contributed by atoms with Gasteiger partial charge in [0.05, 0.1) is 6.04 Å². The van der Waals surface area contributed by atoms with Gasteiger partial charge in [0.2, 0.25) is 11.8 Å². The molecule has 0 saturated carbocycles. The number of hydrogen-bond acceptors (Lipinski definition) is 4. The Morgan fingerprint density at radius 1 is 1.42 bits per heavy atom. The molecule has 2 amide bonds. The highest BCUT2D eigenvalue weighted by Crippen LogP contribution is 2.11. The second kappa shape index (κ2) is 8.79. The first-order valence-corrected chi connectivity index (χ1v) is 6.89. The molecule has 0 radical (unpaired) electrons. The van der Waals surface area contributed by atoms with Crippen LogP contribution >= 0.6 is 24.2 Å². The van der Waals surface area contributed by atoms with E-state index >= 15 is 0 Å². The quantitative estimate of drug-likeness (QED) is 0.736. The molecule has 106 valence electrons. The van der Waals surface area contributed by atoms with Gasteiger partial charge in [-0.05, 0) is 36.6 Å². The molecule has 5 nitrogen and oxygen atoms in total. The number of rotatable bonds is 6. The lowest BCUT2D eigenvalue weighted by Gasteiger charge is -2.11. The standard InChI is InChI=1S/C12H17N3O2S.ClH/c1-18-6-5-10(13)12(17)15-9-4-2-3-8(7-9)11(14)16;/h2-4,7,10H,5-6,13H2,1H3,(H2,14,16)(H,15,17);1H/t10-;/m0./s1. The van der Waals surface area contributed by atoms with Gasteiger partial charge >= 0.3 is 0 Å². The summed E-state index contributed by atoms with van der Waals surface area (Å²) in [5, 5.41) is 2.66. The van der Waals surface area contributed by atoms with Crippen molar-refractivity contribution in [3.63, 3.8) is 0 Å². The molecule has 0 saturated heterocycles. The molecule has 1 atom stereocenters. The first-order chi connectivity index (χ1) is 8.54. The van der Waals surface area contributed by atoms with Crippen LogP contribution < -0.4 is 16.8 Å². The number of amides is 2. The Bertz CT molecular complexity index is 443. The molecule has 1 rings (SSSR count). The van der Waals surface area contributed by atoms with Gasteiger partial charge in [-0.15, -0.1) is 12.4 Å². The van der Waals surface area contributed by atoms with Crippen LogP contribution in [0.4, 0.5) is 5.69 Å². The molecule has 19 heavy (non-hydrogen) atoms. The normalized spacial score (nSPS) is 11.3. The third-order valence-electron chi connectivity index (χ3n) is 2.38. The lowest BCUT2D eigenvalue weighted by atomic mass is 10.1. The van der Waals surface area contributed by atoms with E-state index in [2.05, 4.69) is 5.32 Å². The van der Waals surface area contributed by atoms with E-state index in [1.54, 1.807) is 30.0 Å². The maximum Gasteiger partial charge on any atom is 0.248 e. The van der Waals surface area contributed by atoms with Gasteiger partial charge in [0, 0.05) is 11.3 Å². The van der Waals surface area contributed by atoms with Gasteiger partial charge in [-0.2, -0.15) is 11.8 Å². The van der Waals surface area contributed by atoms with Gasteiger partial charge < -0.3 is 16.8 Å². The maximum atomic E-state index is 11.7. The van der Waals surface area contributed by atoms with E-state index in [4.69, 9.17) is 11.5 Å². The summed E-state index contributed by atoms with van der Waals surface area (Å²) in [5.41, 5.74) is 11.8. The van der Waals surface area contributed by atoms with Crippen molar-refractivity contribution in [3.05, 3.63) is 29.8 Å². The van der Waals surface area contributed by atoms with Crippen LogP contribution in [0.3, 0.4) is 0 Å². The van der Waals surface area contributed by atoms with Crippen molar-refractivity contribution in [2.24, 2.45) is 11.5 Å². The number of nitrogens with two attached hydrogens (primary N) is 2. The minimum Gasteiger partial charge on any atom is -0.366 e. The van der Waals surface area contributed by atoms with Crippen LogP contribution in [-0.2, 0) is 4.79 Å². The number of thioether (sulfide) groups is 1. The van der Waals surface area contributed by atoms with Crippen molar-refractivity contribution in [1.29, 1.82) is 0 Å². The molecule has 0 heterocycles. The maximum absolute atomic E-state index is 11.7. The third kappa shape index (κ3) is 5.96. The highest BCUT2D eigenvalue weighted by Gasteiger charge is 2.13. The molecule has 0 fully saturated rings. The summed E-state index contributed by atoms with van der Waals surface area (Å²) in [6, 6.07) is 5.91. The predicted molar refractivity (Wildman–Crippen MR) is 81.8 cm³/mol. The highest BCUT2D eigenvalue weighted by atomic mass is 35.5. The molecule has 0 aliphatic carbocycles. The number of primary amides is 1. The van der Waals surface area contributed by atoms with Crippen molar-refractivity contribution in [1.82, 2.24) is 0 Å². The number of benzene rings is 1. The molecule has 0 unspecified atom stereocenters. The fraction of sp³-hybridized carbons (Fsp3) is 0.333. The second-order valence-electron chi connectivity index (χ2n) is 3.82. The largest absolute Gasteiger partial charge is 0.366 e. The van der Waals surface area contributed by atoms with E-state index < -0.39 is 11.9 Å². The molecule has 7 heteroatoms. The molecule has 0 aliphatic rings. The molecule has 1 aromatic rings. The van der Waals surface area contributed by atoms with Gasteiger partial charge in [0.25, 0.3) is 0 Å². The fourth-order valence-corrected chi connectivity index (χ4v) is 1.85. The first kappa shape index (κ1) is 17.8. The summed E-state index contributed by atoms with van der Waals surface area (Å²) in [4.78, 5) is 22.7. The lowest BCUT2D eigenvalue weighted by molar-refractivity contribution is -0.117. The monoisotopic (exact) mass is 303 g/mol. The summed E-state index contributed by atoms with van der Waals surface area (Å²) in [7, 11) is 0. The van der Waals surface area contributed by atoms with Crippen molar-refractivity contribution in [2.45, 2.75) is 12.5 Å². The second-order valence-corrected chi connectivity index (χ2v) is 4.81. The fourth-order valence-electron chi connectivity index (χ4n) is 1.36. The number of anilines is 1. The summed E-state index contributed by atoms with van der Waals surface area (Å²) in [5.74, 6) is 0.0408. The third-order valence-corrected chi connectivity index (χ3v) is 3.03. The van der Waals surface area contributed by atoms with Crippen LogP contribution in [-0.4, -0.2) is 29.9 Å². The van der Waals surface area contributed by atoms with Crippen LogP contribution in [0.2, 0.25) is 0 Å². The summed E-state index contributed by atoms with van der Waals surface area (Å²) < 4.78 is 0. The van der Waals surface area contributed by atoms with Gasteiger partial charge in [-0.3, -0.25) is 9.59 Å². The van der Waals surface area contributed by atoms with E-state index in [1.165, 1.54) is 6.07 Å². The number of carbonyl (C=O) groups is 2. The van der Waals surface area contributed by atoms with Gasteiger partial charge in [-0.25, -0.2) is 0 Å². The van der Waals surface area contributed by atoms with E-state index in [1.807, 2.05) is 6.26 Å². The Morgan fingerprint density at radius 2 is 2.11 bits per heavy atom. The number of nitrogens with one attached hydrogen (secondary N) is 1. The summed E-state index contributed by atoms with van der Waals surface area (Å²) in [6.07, 6.45) is 2.57. The number of halogens is 1. The molecule has 0 spiro atoms. The zero-order valence-electron chi connectivity index (χ0n) is 10.6. The highest BCUT2D eigenvalue weighted by molar-refractivity contribution is 7.98.